The van der Waals surface area contributed by atoms with Gasteiger partial charge in [-0.1, -0.05) is 0 Å². The Morgan fingerprint density at radius 1 is 1.35 bits per heavy atom. The third-order valence-corrected chi connectivity index (χ3v) is 5.15. The molecule has 0 spiro atoms. The van der Waals surface area contributed by atoms with E-state index in [4.69, 9.17) is 0 Å². The predicted molar refractivity (Wildman–Crippen MR) is 78.5 cm³/mol. The van der Waals surface area contributed by atoms with E-state index in [1.165, 1.54) is 15.3 Å². The van der Waals surface area contributed by atoms with Gasteiger partial charge in [0.2, 0.25) is 11.8 Å². The topological polar surface area (TPSA) is 49.4 Å². The van der Waals surface area contributed by atoms with Gasteiger partial charge in [0.15, 0.2) is 0 Å². The number of thiophene rings is 1. The van der Waals surface area contributed by atoms with Crippen LogP contribution in [0.15, 0.2) is 11.4 Å². The van der Waals surface area contributed by atoms with Crippen LogP contribution in [0.3, 0.4) is 0 Å². The van der Waals surface area contributed by atoms with Gasteiger partial charge < -0.3 is 0 Å². The Morgan fingerprint density at radius 2 is 2.15 bits per heavy atom. The highest BCUT2D eigenvalue weighted by Crippen LogP contribution is 2.34. The van der Waals surface area contributed by atoms with Gasteiger partial charge >= 0.3 is 0 Å². The Morgan fingerprint density at radius 3 is 2.85 bits per heavy atom. The molecule has 0 saturated carbocycles. The maximum atomic E-state index is 12.3. The molecule has 1 aromatic heterocycles. The van der Waals surface area contributed by atoms with E-state index in [9.17, 15) is 9.59 Å². The van der Waals surface area contributed by atoms with E-state index >= 15 is 0 Å². The predicted octanol–water partition coefficient (Wildman–Crippen LogP) is 2.25. The van der Waals surface area contributed by atoms with Gasteiger partial charge in [0.05, 0.1) is 12.5 Å². The Balaban J connectivity index is 1.74. The zero-order valence-electron chi connectivity index (χ0n) is 11.9. The molecule has 1 N–H and O–H groups in total. The third-order valence-electron chi connectivity index (χ3n) is 4.15. The Hall–Kier alpha value is -1.20. The van der Waals surface area contributed by atoms with Gasteiger partial charge in [-0.25, -0.2) is 0 Å². The lowest BCUT2D eigenvalue weighted by molar-refractivity contribution is -0.140. The van der Waals surface area contributed by atoms with Crippen molar-refractivity contribution < 1.29 is 9.59 Å². The van der Waals surface area contributed by atoms with E-state index in [-0.39, 0.29) is 29.9 Å². The van der Waals surface area contributed by atoms with Crippen molar-refractivity contribution in [2.24, 2.45) is 0 Å². The summed E-state index contributed by atoms with van der Waals surface area (Å²) in [5.74, 6) is -0.115. The van der Waals surface area contributed by atoms with E-state index in [1.807, 2.05) is 13.8 Å². The molecule has 0 bridgehead atoms. The van der Waals surface area contributed by atoms with Crippen molar-refractivity contribution in [2.75, 3.05) is 0 Å². The van der Waals surface area contributed by atoms with Crippen molar-refractivity contribution in [3.63, 3.8) is 0 Å². The molecule has 2 unspecified atom stereocenters. The van der Waals surface area contributed by atoms with Gasteiger partial charge in [-0.15, -0.1) is 11.3 Å². The Labute approximate surface area is 123 Å². The van der Waals surface area contributed by atoms with E-state index in [0.29, 0.717) is 6.42 Å². The molecule has 3 rings (SSSR count). The fourth-order valence-electron chi connectivity index (χ4n) is 3.23. The van der Waals surface area contributed by atoms with Gasteiger partial charge in [-0.2, -0.15) is 0 Å². The van der Waals surface area contributed by atoms with Crippen molar-refractivity contribution in [1.82, 2.24) is 10.2 Å². The maximum absolute atomic E-state index is 12.3. The lowest BCUT2D eigenvalue weighted by atomic mass is 9.93. The summed E-state index contributed by atoms with van der Waals surface area (Å²) in [6, 6.07) is 1.97. The van der Waals surface area contributed by atoms with E-state index in [1.54, 1.807) is 11.3 Å². The number of aryl methyl sites for hydroxylation is 1. The van der Waals surface area contributed by atoms with Crippen LogP contribution in [0.1, 0.15) is 49.6 Å². The summed E-state index contributed by atoms with van der Waals surface area (Å²) in [7, 11) is 0. The second kappa shape index (κ2) is 5.30. The highest BCUT2D eigenvalue weighted by molar-refractivity contribution is 7.10. The first-order valence-electron chi connectivity index (χ1n) is 7.26. The minimum atomic E-state index is -0.347. The van der Waals surface area contributed by atoms with Crippen molar-refractivity contribution in [2.45, 2.75) is 57.7 Å². The van der Waals surface area contributed by atoms with Gasteiger partial charge in [0.25, 0.3) is 0 Å². The van der Waals surface area contributed by atoms with Crippen LogP contribution in [0.5, 0.6) is 0 Å². The molecule has 4 nitrogen and oxygen atoms in total. The molecule has 1 aliphatic carbocycles. The number of amides is 2. The lowest BCUT2D eigenvalue weighted by Gasteiger charge is -2.26. The number of rotatable bonds is 3. The Kier molecular flexibility index (Phi) is 3.65. The quantitative estimate of drug-likeness (QED) is 0.869. The van der Waals surface area contributed by atoms with Crippen molar-refractivity contribution in [3.05, 3.63) is 21.9 Å². The highest BCUT2D eigenvalue weighted by atomic mass is 32.1. The number of imide groups is 1. The van der Waals surface area contributed by atoms with Gasteiger partial charge in [0, 0.05) is 17.0 Å². The molecular weight excluding hydrogens is 272 g/mol. The molecule has 2 amide bonds. The van der Waals surface area contributed by atoms with Gasteiger partial charge in [0.1, 0.15) is 0 Å². The molecule has 1 saturated heterocycles. The number of hydrogen-bond donors (Lipinski definition) is 1. The SMILES string of the molecule is CC(C)N1C(=O)CC(NC2CCCc3sccc32)C1=O. The highest BCUT2D eigenvalue weighted by Gasteiger charge is 2.41. The van der Waals surface area contributed by atoms with Crippen LogP contribution >= 0.6 is 11.3 Å². The van der Waals surface area contributed by atoms with Crippen LogP contribution in [0.25, 0.3) is 0 Å². The van der Waals surface area contributed by atoms with Crippen molar-refractivity contribution in [3.8, 4) is 0 Å². The second-order valence-corrected chi connectivity index (χ2v) is 6.86. The summed E-state index contributed by atoms with van der Waals surface area (Å²) in [5, 5.41) is 5.54. The number of fused-ring (bicyclic) bond motifs is 1. The number of carbonyl (C=O) groups excluding carboxylic acids is 2. The summed E-state index contributed by atoms with van der Waals surface area (Å²) >= 11 is 1.79. The zero-order valence-corrected chi connectivity index (χ0v) is 12.7. The fourth-order valence-corrected chi connectivity index (χ4v) is 4.21. The maximum Gasteiger partial charge on any atom is 0.247 e. The molecule has 2 heterocycles. The molecule has 5 heteroatoms. The summed E-state index contributed by atoms with van der Waals surface area (Å²) in [4.78, 5) is 27.1. The van der Waals surface area contributed by atoms with Crippen LogP contribution in [0.2, 0.25) is 0 Å². The number of likely N-dealkylation sites (tertiary alicyclic amines) is 1. The van der Waals surface area contributed by atoms with Crippen LogP contribution in [-0.2, 0) is 16.0 Å². The molecule has 2 atom stereocenters. The minimum Gasteiger partial charge on any atom is -0.298 e. The average molecular weight is 292 g/mol. The zero-order chi connectivity index (χ0) is 14.3. The first-order valence-corrected chi connectivity index (χ1v) is 8.14. The van der Waals surface area contributed by atoms with E-state index in [2.05, 4.69) is 16.8 Å². The first-order chi connectivity index (χ1) is 9.58. The van der Waals surface area contributed by atoms with Gasteiger partial charge in [-0.3, -0.25) is 19.8 Å². The van der Waals surface area contributed by atoms with Gasteiger partial charge in [-0.05, 0) is 50.1 Å². The summed E-state index contributed by atoms with van der Waals surface area (Å²) in [6.07, 6.45) is 3.63. The normalized spacial score (nSPS) is 26.4. The second-order valence-electron chi connectivity index (χ2n) is 5.86. The van der Waals surface area contributed by atoms with Crippen LogP contribution < -0.4 is 5.32 Å². The lowest BCUT2D eigenvalue weighted by Crippen LogP contribution is -2.43. The average Bonchev–Trinajstić information content (AvgIpc) is 2.95. The first kappa shape index (κ1) is 13.8. The molecule has 1 fully saturated rings. The molecule has 0 aromatic carbocycles. The van der Waals surface area contributed by atoms with E-state index in [0.717, 1.165) is 19.3 Å². The monoisotopic (exact) mass is 292 g/mol. The molecular formula is C15H20N2O2S. The third kappa shape index (κ3) is 2.29. The Bertz CT molecular complexity index is 538. The molecule has 1 aliphatic heterocycles. The molecule has 20 heavy (non-hydrogen) atoms. The molecule has 108 valence electrons. The number of carbonyl (C=O) groups is 2. The number of nitrogens with one attached hydrogen (secondary N) is 1. The van der Waals surface area contributed by atoms with E-state index < -0.39 is 0 Å². The standard InChI is InChI=1S/C15H20N2O2S/c1-9(2)17-14(18)8-12(15(17)19)16-11-4-3-5-13-10(11)6-7-20-13/h6-7,9,11-12,16H,3-5,8H2,1-2H3. The fraction of sp³-hybridized carbons (Fsp3) is 0.600. The number of hydrogen-bond acceptors (Lipinski definition) is 4. The van der Waals surface area contributed by atoms with Crippen molar-refractivity contribution >= 4 is 23.2 Å². The summed E-state index contributed by atoms with van der Waals surface area (Å²) in [5.41, 5.74) is 1.32. The summed E-state index contributed by atoms with van der Waals surface area (Å²) in [6.45, 7) is 3.77. The molecule has 2 aliphatic rings. The largest absolute Gasteiger partial charge is 0.298 e. The van der Waals surface area contributed by atoms with Crippen LogP contribution in [-0.4, -0.2) is 28.8 Å². The molecule has 1 aromatic rings. The van der Waals surface area contributed by atoms with Crippen LogP contribution in [0, 0.1) is 0 Å². The van der Waals surface area contributed by atoms with Crippen LogP contribution in [0.4, 0.5) is 0 Å². The summed E-state index contributed by atoms with van der Waals surface area (Å²) < 4.78 is 0. The van der Waals surface area contributed by atoms with Crippen molar-refractivity contribution in [1.29, 1.82) is 0 Å². The smallest absolute Gasteiger partial charge is 0.247 e. The molecule has 0 radical (unpaired) electrons. The minimum absolute atomic E-state index is 0.0511. The number of nitrogens with zero attached hydrogens (tertiary/aromatic N) is 1.